The summed E-state index contributed by atoms with van der Waals surface area (Å²) >= 11 is 0. The number of benzene rings is 1. The SMILES string of the molecule is Cc1nn(-c2ccccc2)nc1N.Cl. The van der Waals surface area contributed by atoms with Gasteiger partial charge in [0.05, 0.1) is 5.69 Å². The number of rotatable bonds is 1. The van der Waals surface area contributed by atoms with E-state index in [0.717, 1.165) is 11.4 Å². The summed E-state index contributed by atoms with van der Waals surface area (Å²) < 4.78 is 0. The summed E-state index contributed by atoms with van der Waals surface area (Å²) in [5.74, 6) is 0.476. The number of aromatic nitrogens is 3. The van der Waals surface area contributed by atoms with Crippen LogP contribution < -0.4 is 5.73 Å². The van der Waals surface area contributed by atoms with Crippen molar-refractivity contribution < 1.29 is 0 Å². The molecule has 0 unspecified atom stereocenters. The van der Waals surface area contributed by atoms with Gasteiger partial charge < -0.3 is 5.73 Å². The molecule has 14 heavy (non-hydrogen) atoms. The maximum atomic E-state index is 5.58. The van der Waals surface area contributed by atoms with Crippen molar-refractivity contribution in [3.05, 3.63) is 36.0 Å². The molecule has 2 aromatic rings. The molecule has 0 aliphatic rings. The standard InChI is InChI=1S/C9H10N4.ClH/c1-7-9(10)12-13(11-7)8-5-3-2-4-6-8;/h2-6H,1H3,(H2,10,12);1H. The van der Waals surface area contributed by atoms with Gasteiger partial charge in [0.25, 0.3) is 0 Å². The third-order valence-corrected chi connectivity index (χ3v) is 1.81. The van der Waals surface area contributed by atoms with Crippen molar-refractivity contribution in [1.29, 1.82) is 0 Å². The van der Waals surface area contributed by atoms with Gasteiger partial charge in [-0.25, -0.2) is 0 Å². The second kappa shape index (κ2) is 4.11. The largest absolute Gasteiger partial charge is 0.381 e. The lowest BCUT2D eigenvalue weighted by Gasteiger charge is -1.96. The van der Waals surface area contributed by atoms with Gasteiger partial charge in [-0.2, -0.15) is 5.10 Å². The lowest BCUT2D eigenvalue weighted by molar-refractivity contribution is 0.747. The molecule has 1 aromatic heterocycles. The van der Waals surface area contributed by atoms with E-state index in [9.17, 15) is 0 Å². The van der Waals surface area contributed by atoms with Crippen molar-refractivity contribution in [2.45, 2.75) is 6.92 Å². The molecule has 0 saturated carbocycles. The zero-order valence-electron chi connectivity index (χ0n) is 7.71. The second-order valence-electron chi connectivity index (χ2n) is 2.80. The summed E-state index contributed by atoms with van der Waals surface area (Å²) in [7, 11) is 0. The Morgan fingerprint density at radius 3 is 2.29 bits per heavy atom. The minimum absolute atomic E-state index is 0. The number of hydrogen-bond donors (Lipinski definition) is 1. The summed E-state index contributed by atoms with van der Waals surface area (Å²) in [6.07, 6.45) is 0. The van der Waals surface area contributed by atoms with Crippen molar-refractivity contribution in [3.8, 4) is 5.69 Å². The summed E-state index contributed by atoms with van der Waals surface area (Å²) in [6.45, 7) is 1.84. The fraction of sp³-hybridized carbons (Fsp3) is 0.111. The maximum absolute atomic E-state index is 5.58. The number of nitrogen functional groups attached to an aromatic ring is 1. The van der Waals surface area contributed by atoms with Gasteiger partial charge in [0.1, 0.15) is 5.69 Å². The van der Waals surface area contributed by atoms with Gasteiger partial charge in [-0.3, -0.25) is 0 Å². The molecule has 0 aliphatic carbocycles. The van der Waals surface area contributed by atoms with Crippen LogP contribution in [0.4, 0.5) is 5.82 Å². The highest BCUT2D eigenvalue weighted by atomic mass is 35.5. The van der Waals surface area contributed by atoms with Crippen LogP contribution in [0.2, 0.25) is 0 Å². The molecular formula is C9H11ClN4. The number of nitrogens with two attached hydrogens (primary N) is 1. The summed E-state index contributed by atoms with van der Waals surface area (Å²) in [6, 6.07) is 9.68. The Labute approximate surface area is 88.1 Å². The summed E-state index contributed by atoms with van der Waals surface area (Å²) in [5.41, 5.74) is 7.26. The van der Waals surface area contributed by atoms with Gasteiger partial charge in [0.2, 0.25) is 0 Å². The van der Waals surface area contributed by atoms with E-state index in [1.54, 1.807) is 0 Å². The van der Waals surface area contributed by atoms with Crippen molar-refractivity contribution in [2.24, 2.45) is 0 Å². The second-order valence-corrected chi connectivity index (χ2v) is 2.80. The molecule has 2 rings (SSSR count). The first-order valence-electron chi connectivity index (χ1n) is 4.02. The first-order valence-corrected chi connectivity index (χ1v) is 4.02. The summed E-state index contributed by atoms with van der Waals surface area (Å²) in [4.78, 5) is 1.53. The van der Waals surface area contributed by atoms with Gasteiger partial charge in [-0.05, 0) is 19.1 Å². The number of para-hydroxylation sites is 1. The van der Waals surface area contributed by atoms with Gasteiger partial charge in [-0.1, -0.05) is 18.2 Å². The number of halogens is 1. The van der Waals surface area contributed by atoms with Gasteiger partial charge in [-0.15, -0.1) is 22.3 Å². The van der Waals surface area contributed by atoms with Crippen LogP contribution >= 0.6 is 12.4 Å². The van der Waals surface area contributed by atoms with E-state index in [2.05, 4.69) is 10.2 Å². The van der Waals surface area contributed by atoms with Crippen LogP contribution in [0.25, 0.3) is 5.69 Å². The van der Waals surface area contributed by atoms with Crippen LogP contribution in [0.15, 0.2) is 30.3 Å². The Hall–Kier alpha value is -1.55. The molecular weight excluding hydrogens is 200 g/mol. The molecule has 1 aromatic carbocycles. The molecule has 0 saturated heterocycles. The van der Waals surface area contributed by atoms with Gasteiger partial charge in [0, 0.05) is 0 Å². The van der Waals surface area contributed by atoms with Crippen molar-refractivity contribution >= 4 is 18.2 Å². The predicted molar refractivity (Wildman–Crippen MR) is 57.8 cm³/mol. The van der Waals surface area contributed by atoms with Crippen molar-refractivity contribution in [1.82, 2.24) is 15.0 Å². The highest BCUT2D eigenvalue weighted by Crippen LogP contribution is 2.08. The fourth-order valence-electron chi connectivity index (χ4n) is 1.07. The number of nitrogens with zero attached hydrogens (tertiary/aromatic N) is 3. The lowest BCUT2D eigenvalue weighted by Crippen LogP contribution is -1.98. The quantitative estimate of drug-likeness (QED) is 0.778. The van der Waals surface area contributed by atoms with E-state index in [0.29, 0.717) is 5.82 Å². The zero-order valence-corrected chi connectivity index (χ0v) is 8.53. The van der Waals surface area contributed by atoms with E-state index in [4.69, 9.17) is 5.73 Å². The first-order chi connectivity index (χ1) is 6.27. The fourth-order valence-corrected chi connectivity index (χ4v) is 1.07. The molecule has 0 atom stereocenters. The Morgan fingerprint density at radius 2 is 1.79 bits per heavy atom. The van der Waals surface area contributed by atoms with Crippen molar-refractivity contribution in [3.63, 3.8) is 0 Å². The average molecular weight is 211 g/mol. The topological polar surface area (TPSA) is 56.7 Å². The highest BCUT2D eigenvalue weighted by Gasteiger charge is 2.02. The Bertz CT molecular complexity index is 391. The molecule has 0 amide bonds. The molecule has 1 heterocycles. The van der Waals surface area contributed by atoms with E-state index in [1.165, 1.54) is 4.80 Å². The van der Waals surface area contributed by atoms with E-state index in [1.807, 2.05) is 37.3 Å². The molecule has 0 bridgehead atoms. The molecule has 0 spiro atoms. The number of hydrogen-bond acceptors (Lipinski definition) is 3. The lowest BCUT2D eigenvalue weighted by atomic mass is 10.3. The van der Waals surface area contributed by atoms with Gasteiger partial charge >= 0.3 is 0 Å². The Morgan fingerprint density at radius 1 is 1.14 bits per heavy atom. The van der Waals surface area contributed by atoms with E-state index in [-0.39, 0.29) is 12.4 Å². The van der Waals surface area contributed by atoms with Crippen LogP contribution in [0.1, 0.15) is 5.69 Å². The summed E-state index contributed by atoms with van der Waals surface area (Å²) in [5, 5.41) is 8.22. The Kier molecular flexibility index (Phi) is 3.09. The normalized spacial score (nSPS) is 9.50. The third-order valence-electron chi connectivity index (χ3n) is 1.81. The smallest absolute Gasteiger partial charge is 0.169 e. The third kappa shape index (κ3) is 1.85. The average Bonchev–Trinajstić information content (AvgIpc) is 2.49. The molecule has 2 N–H and O–H groups in total. The van der Waals surface area contributed by atoms with Crippen molar-refractivity contribution in [2.75, 3.05) is 5.73 Å². The van der Waals surface area contributed by atoms with Crippen LogP contribution in [0.5, 0.6) is 0 Å². The molecule has 4 nitrogen and oxygen atoms in total. The molecule has 74 valence electrons. The molecule has 5 heteroatoms. The van der Waals surface area contributed by atoms with Crippen LogP contribution in [0, 0.1) is 6.92 Å². The predicted octanol–water partition coefficient (Wildman–Crippen LogP) is 1.58. The zero-order chi connectivity index (χ0) is 9.26. The van der Waals surface area contributed by atoms with Gasteiger partial charge in [0.15, 0.2) is 5.82 Å². The maximum Gasteiger partial charge on any atom is 0.169 e. The molecule has 0 fully saturated rings. The Balaban J connectivity index is 0.000000980. The minimum atomic E-state index is 0. The van der Waals surface area contributed by atoms with E-state index >= 15 is 0 Å². The van der Waals surface area contributed by atoms with Crippen LogP contribution in [-0.2, 0) is 0 Å². The van der Waals surface area contributed by atoms with Crippen LogP contribution in [0.3, 0.4) is 0 Å². The first kappa shape index (κ1) is 10.5. The van der Waals surface area contributed by atoms with E-state index < -0.39 is 0 Å². The molecule has 0 aliphatic heterocycles. The number of aryl methyl sites for hydroxylation is 1. The van der Waals surface area contributed by atoms with Crippen LogP contribution in [-0.4, -0.2) is 15.0 Å². The highest BCUT2D eigenvalue weighted by molar-refractivity contribution is 5.85. The minimum Gasteiger partial charge on any atom is -0.381 e. The monoisotopic (exact) mass is 210 g/mol. The number of anilines is 1. The molecule has 0 radical (unpaired) electrons.